The number of hydrogen-bond donors (Lipinski definition) is 2. The number of nitrogens with two attached hydrogens (primary N) is 1. The zero-order chi connectivity index (χ0) is 10.8. The zero-order valence-corrected chi connectivity index (χ0v) is 9.68. The molecule has 0 amide bonds. The average Bonchev–Trinajstić information content (AvgIpc) is 1.93. The first kappa shape index (κ1) is 11.9. The largest absolute Gasteiger partial charge is 0.328 e. The molecule has 0 aromatic carbocycles. The molecule has 0 aliphatic heterocycles. The van der Waals surface area contributed by atoms with E-state index in [0.717, 1.165) is 12.8 Å². The van der Waals surface area contributed by atoms with Crippen molar-refractivity contribution in [3.63, 3.8) is 0 Å². The molecule has 0 radical (unpaired) electrons. The minimum atomic E-state index is -3.06. The summed E-state index contributed by atoms with van der Waals surface area (Å²) in [5.41, 5.74) is 5.61. The van der Waals surface area contributed by atoms with E-state index in [9.17, 15) is 8.42 Å². The fraction of sp³-hybridized carbons (Fsp3) is 1.00. The monoisotopic (exact) mass is 220 g/mol. The van der Waals surface area contributed by atoms with Crippen LogP contribution in [0.25, 0.3) is 0 Å². The molecule has 1 rings (SSSR count). The molecule has 0 heterocycles. The van der Waals surface area contributed by atoms with Gasteiger partial charge in [-0.05, 0) is 24.7 Å². The molecule has 0 unspecified atom stereocenters. The summed E-state index contributed by atoms with van der Waals surface area (Å²) in [6.07, 6.45) is 1.90. The highest BCUT2D eigenvalue weighted by Gasteiger charge is 2.26. The maximum atomic E-state index is 11.4. The van der Waals surface area contributed by atoms with Crippen LogP contribution >= 0.6 is 0 Å². The Hall–Kier alpha value is -0.130. The van der Waals surface area contributed by atoms with E-state index in [1.54, 1.807) is 0 Å². The highest BCUT2D eigenvalue weighted by Crippen LogP contribution is 2.24. The molecule has 0 saturated heterocycles. The number of sulfonamides is 1. The van der Waals surface area contributed by atoms with Gasteiger partial charge in [0.2, 0.25) is 10.0 Å². The lowest BCUT2D eigenvalue weighted by molar-refractivity contribution is 0.267. The molecule has 4 nitrogen and oxygen atoms in total. The molecular weight excluding hydrogens is 200 g/mol. The first-order valence-electron chi connectivity index (χ1n) is 5.12. The maximum absolute atomic E-state index is 11.4. The summed E-state index contributed by atoms with van der Waals surface area (Å²) < 4.78 is 25.5. The van der Waals surface area contributed by atoms with Crippen molar-refractivity contribution in [2.45, 2.75) is 32.7 Å². The molecule has 0 atom stereocenters. The molecule has 0 aromatic heterocycles. The molecule has 0 aromatic rings. The van der Waals surface area contributed by atoms with Crippen LogP contribution in [0.15, 0.2) is 0 Å². The predicted molar refractivity (Wildman–Crippen MR) is 57.3 cm³/mol. The second kappa shape index (κ2) is 4.59. The first-order valence-corrected chi connectivity index (χ1v) is 6.77. The topological polar surface area (TPSA) is 72.2 Å². The third-order valence-corrected chi connectivity index (χ3v) is 4.13. The van der Waals surface area contributed by atoms with Crippen LogP contribution in [0.1, 0.15) is 26.7 Å². The van der Waals surface area contributed by atoms with E-state index in [4.69, 9.17) is 5.73 Å². The van der Waals surface area contributed by atoms with Crippen molar-refractivity contribution in [2.24, 2.45) is 17.6 Å². The van der Waals surface area contributed by atoms with Crippen LogP contribution in [0, 0.1) is 11.8 Å². The van der Waals surface area contributed by atoms with Crippen molar-refractivity contribution in [1.29, 1.82) is 0 Å². The van der Waals surface area contributed by atoms with E-state index in [0.29, 0.717) is 12.5 Å². The van der Waals surface area contributed by atoms with Gasteiger partial charge in [0.1, 0.15) is 0 Å². The lowest BCUT2D eigenvalue weighted by atomic mass is 9.81. The standard InChI is InChI=1S/C9H20N2O2S/c1-7(2)6-14(12,13)11-5-8-3-9(10)4-8/h7-9,11H,3-6,10H2,1-2H3. The zero-order valence-electron chi connectivity index (χ0n) is 8.86. The summed E-state index contributed by atoms with van der Waals surface area (Å²) in [4.78, 5) is 0. The van der Waals surface area contributed by atoms with Gasteiger partial charge in [-0.1, -0.05) is 13.8 Å². The Kier molecular flexibility index (Phi) is 3.92. The Balaban J connectivity index is 2.23. The molecule has 1 aliphatic carbocycles. The summed E-state index contributed by atoms with van der Waals surface area (Å²) >= 11 is 0. The van der Waals surface area contributed by atoms with Gasteiger partial charge in [-0.2, -0.15) is 0 Å². The van der Waals surface area contributed by atoms with Crippen LogP contribution < -0.4 is 10.5 Å². The van der Waals surface area contributed by atoms with Crippen LogP contribution in [0.5, 0.6) is 0 Å². The van der Waals surface area contributed by atoms with E-state index in [1.165, 1.54) is 0 Å². The van der Waals surface area contributed by atoms with Crippen molar-refractivity contribution in [3.8, 4) is 0 Å². The number of nitrogens with one attached hydrogen (secondary N) is 1. The van der Waals surface area contributed by atoms with Crippen molar-refractivity contribution in [3.05, 3.63) is 0 Å². The minimum Gasteiger partial charge on any atom is -0.328 e. The number of hydrogen-bond acceptors (Lipinski definition) is 3. The molecule has 0 bridgehead atoms. The third kappa shape index (κ3) is 3.94. The van der Waals surface area contributed by atoms with Gasteiger partial charge < -0.3 is 5.73 Å². The Labute approximate surface area is 86.3 Å². The molecule has 84 valence electrons. The van der Waals surface area contributed by atoms with E-state index in [2.05, 4.69) is 4.72 Å². The summed E-state index contributed by atoms with van der Waals surface area (Å²) in [6, 6.07) is 0.287. The fourth-order valence-corrected chi connectivity index (χ4v) is 3.18. The first-order chi connectivity index (χ1) is 6.39. The highest BCUT2D eigenvalue weighted by atomic mass is 32.2. The second-order valence-corrected chi connectivity index (χ2v) is 6.47. The van der Waals surface area contributed by atoms with Gasteiger partial charge in [0, 0.05) is 12.6 Å². The summed E-state index contributed by atoms with van der Waals surface area (Å²) in [5.74, 6) is 0.842. The molecule has 3 N–H and O–H groups in total. The highest BCUT2D eigenvalue weighted by molar-refractivity contribution is 7.89. The molecule has 1 aliphatic rings. The molecule has 5 heteroatoms. The van der Waals surface area contributed by atoms with Crippen molar-refractivity contribution < 1.29 is 8.42 Å². The smallest absolute Gasteiger partial charge is 0.211 e. The van der Waals surface area contributed by atoms with Crippen LogP contribution in [-0.4, -0.2) is 26.8 Å². The quantitative estimate of drug-likeness (QED) is 0.700. The van der Waals surface area contributed by atoms with Gasteiger partial charge in [-0.25, -0.2) is 13.1 Å². The molecule has 0 spiro atoms. The van der Waals surface area contributed by atoms with Crippen molar-refractivity contribution in [1.82, 2.24) is 4.72 Å². The van der Waals surface area contributed by atoms with Gasteiger partial charge in [-0.15, -0.1) is 0 Å². The van der Waals surface area contributed by atoms with Gasteiger partial charge in [-0.3, -0.25) is 0 Å². The van der Waals surface area contributed by atoms with Crippen molar-refractivity contribution >= 4 is 10.0 Å². The van der Waals surface area contributed by atoms with Gasteiger partial charge in [0.05, 0.1) is 5.75 Å². The maximum Gasteiger partial charge on any atom is 0.211 e. The second-order valence-electron chi connectivity index (χ2n) is 4.62. The van der Waals surface area contributed by atoms with E-state index >= 15 is 0 Å². The Morgan fingerprint density at radius 2 is 2.00 bits per heavy atom. The molecular formula is C9H20N2O2S. The van der Waals surface area contributed by atoms with Gasteiger partial charge in [0.25, 0.3) is 0 Å². The number of rotatable bonds is 5. The summed E-state index contributed by atoms with van der Waals surface area (Å²) in [6.45, 7) is 4.36. The lowest BCUT2D eigenvalue weighted by Crippen LogP contribution is -2.43. The summed E-state index contributed by atoms with van der Waals surface area (Å²) in [7, 11) is -3.06. The van der Waals surface area contributed by atoms with E-state index in [1.807, 2.05) is 13.8 Å². The summed E-state index contributed by atoms with van der Waals surface area (Å²) in [5, 5.41) is 0. The van der Waals surface area contributed by atoms with Gasteiger partial charge in [0.15, 0.2) is 0 Å². The van der Waals surface area contributed by atoms with Crippen LogP contribution in [0.4, 0.5) is 0 Å². The van der Waals surface area contributed by atoms with Gasteiger partial charge >= 0.3 is 0 Å². The normalized spacial score (nSPS) is 27.7. The Morgan fingerprint density at radius 3 is 2.43 bits per heavy atom. The van der Waals surface area contributed by atoms with Crippen LogP contribution in [0.3, 0.4) is 0 Å². The van der Waals surface area contributed by atoms with Crippen molar-refractivity contribution in [2.75, 3.05) is 12.3 Å². The predicted octanol–water partition coefficient (Wildman–Crippen LogP) is 0.299. The SMILES string of the molecule is CC(C)CS(=O)(=O)NCC1CC(N)C1. The third-order valence-electron chi connectivity index (χ3n) is 2.42. The van der Waals surface area contributed by atoms with Crippen LogP contribution in [0.2, 0.25) is 0 Å². The van der Waals surface area contributed by atoms with Crippen LogP contribution in [-0.2, 0) is 10.0 Å². The fourth-order valence-electron chi connectivity index (χ4n) is 1.70. The molecule has 1 fully saturated rings. The van der Waals surface area contributed by atoms with E-state index in [-0.39, 0.29) is 17.7 Å². The average molecular weight is 220 g/mol. The lowest BCUT2D eigenvalue weighted by Gasteiger charge is -2.32. The minimum absolute atomic E-state index is 0.177. The Morgan fingerprint density at radius 1 is 1.43 bits per heavy atom. The Bertz CT molecular complexity index is 269. The van der Waals surface area contributed by atoms with E-state index < -0.39 is 10.0 Å². The molecule has 14 heavy (non-hydrogen) atoms. The molecule has 1 saturated carbocycles.